The molecule has 1 heterocycles. The van der Waals surface area contributed by atoms with Crippen LogP contribution in [0.1, 0.15) is 54.3 Å². The maximum atomic E-state index is 11.0. The van der Waals surface area contributed by atoms with Gasteiger partial charge < -0.3 is 20.3 Å². The number of unbranched alkanes of at least 4 members (excludes halogenated alkanes) is 2. The maximum Gasteiger partial charge on any atom is 0.325 e. The summed E-state index contributed by atoms with van der Waals surface area (Å²) in [6, 6.07) is 12.7. The van der Waals surface area contributed by atoms with Crippen LogP contribution in [0.5, 0.6) is 5.75 Å². The molecule has 4 N–H and O–H groups in total. The van der Waals surface area contributed by atoms with Crippen LogP contribution in [0.3, 0.4) is 0 Å². The Kier molecular flexibility index (Phi) is 9.38. The van der Waals surface area contributed by atoms with Gasteiger partial charge in [-0.1, -0.05) is 18.6 Å². The number of hydrogen-bond acceptors (Lipinski definition) is 4. The molecule has 29 heavy (non-hydrogen) atoms. The second-order valence-electron chi connectivity index (χ2n) is 8.07. The Hall–Kier alpha value is -1.17. The van der Waals surface area contributed by atoms with Crippen molar-refractivity contribution in [2.75, 3.05) is 13.3 Å². The van der Waals surface area contributed by atoms with Crippen LogP contribution >= 0.6 is 18.9 Å². The van der Waals surface area contributed by atoms with E-state index in [2.05, 4.69) is 24.3 Å². The monoisotopic (exact) mass is 439 g/mol. The molecule has 0 aliphatic carbocycles. The lowest BCUT2D eigenvalue weighted by atomic mass is 9.94. The van der Waals surface area contributed by atoms with Crippen molar-refractivity contribution >= 4 is 18.9 Å². The number of nitrogens with two attached hydrogens (primary N) is 1. The van der Waals surface area contributed by atoms with Gasteiger partial charge in [-0.15, -0.1) is 11.3 Å². The average molecular weight is 440 g/mol. The van der Waals surface area contributed by atoms with E-state index in [1.54, 1.807) is 7.11 Å². The first-order valence-corrected chi connectivity index (χ1v) is 12.8. The van der Waals surface area contributed by atoms with Gasteiger partial charge in [0.25, 0.3) is 0 Å². The van der Waals surface area contributed by atoms with Crippen molar-refractivity contribution in [1.82, 2.24) is 0 Å². The van der Waals surface area contributed by atoms with Gasteiger partial charge in [0.1, 0.15) is 5.75 Å². The van der Waals surface area contributed by atoms with E-state index in [0.29, 0.717) is 6.42 Å². The molecule has 0 saturated carbocycles. The Bertz CT molecular complexity index is 782. The molecule has 7 heteroatoms. The summed E-state index contributed by atoms with van der Waals surface area (Å²) in [5.41, 5.74) is 7.02. The van der Waals surface area contributed by atoms with E-state index in [4.69, 9.17) is 20.3 Å². The van der Waals surface area contributed by atoms with Crippen molar-refractivity contribution in [3.05, 3.63) is 51.7 Å². The van der Waals surface area contributed by atoms with E-state index in [9.17, 15) is 4.57 Å². The molecule has 0 aliphatic heterocycles. The first kappa shape index (κ1) is 24.1. The van der Waals surface area contributed by atoms with Crippen LogP contribution in [0.4, 0.5) is 0 Å². The van der Waals surface area contributed by atoms with Gasteiger partial charge in [-0.25, -0.2) is 0 Å². The third kappa shape index (κ3) is 9.92. The smallest absolute Gasteiger partial charge is 0.325 e. The van der Waals surface area contributed by atoms with Crippen LogP contribution in [0.15, 0.2) is 36.4 Å². The molecule has 0 bridgehead atoms. The molecule has 2 rings (SSSR count). The topological polar surface area (TPSA) is 92.8 Å². The molecule has 1 aromatic heterocycles. The Labute approximate surface area is 178 Å². The molecule has 5 nitrogen and oxygen atoms in total. The zero-order valence-electron chi connectivity index (χ0n) is 17.5. The van der Waals surface area contributed by atoms with Gasteiger partial charge in [0, 0.05) is 15.3 Å². The van der Waals surface area contributed by atoms with Crippen LogP contribution in [0, 0.1) is 0 Å². The minimum Gasteiger partial charge on any atom is -0.497 e. The lowest BCUT2D eigenvalue weighted by Crippen LogP contribution is -2.37. The van der Waals surface area contributed by atoms with Gasteiger partial charge >= 0.3 is 7.60 Å². The first-order chi connectivity index (χ1) is 13.7. The summed E-state index contributed by atoms with van der Waals surface area (Å²) < 4.78 is 16.2. The molecular formula is C22H34NO4PS. The SMILES string of the molecule is COc1ccc(CCCCCc2ccc(CCC(C)(N)CCP(=O)(O)O)s2)cc1. The van der Waals surface area contributed by atoms with Crippen LogP contribution in [-0.2, 0) is 23.8 Å². The van der Waals surface area contributed by atoms with Crippen molar-refractivity contribution < 1.29 is 19.1 Å². The molecule has 1 aromatic carbocycles. The standard InChI is InChI=1S/C22H34NO4PS/c1-22(23,16-17-28(24,25)26)15-14-21-13-12-20(29-21)7-5-3-4-6-18-8-10-19(27-2)11-9-18/h8-13H,3-7,14-17,23H2,1-2H3,(H2,24,25,26). The summed E-state index contributed by atoms with van der Waals surface area (Å²) in [6.07, 6.45) is 7.57. The minimum absolute atomic E-state index is 0.147. The summed E-state index contributed by atoms with van der Waals surface area (Å²) >= 11 is 1.83. The van der Waals surface area contributed by atoms with Gasteiger partial charge in [0.2, 0.25) is 0 Å². The average Bonchev–Trinajstić information content (AvgIpc) is 3.13. The Morgan fingerprint density at radius 2 is 1.59 bits per heavy atom. The Balaban J connectivity index is 1.64. The molecule has 0 aliphatic rings. The molecule has 1 unspecified atom stereocenters. The molecule has 0 amide bonds. The number of rotatable bonds is 13. The van der Waals surface area contributed by atoms with Crippen molar-refractivity contribution in [3.8, 4) is 5.75 Å². The summed E-state index contributed by atoms with van der Waals surface area (Å²) in [6.45, 7) is 1.87. The van der Waals surface area contributed by atoms with E-state index in [0.717, 1.165) is 31.4 Å². The molecular weight excluding hydrogens is 405 g/mol. The van der Waals surface area contributed by atoms with Gasteiger partial charge in [-0.2, -0.15) is 0 Å². The molecule has 0 spiro atoms. The van der Waals surface area contributed by atoms with Crippen molar-refractivity contribution in [3.63, 3.8) is 0 Å². The first-order valence-electron chi connectivity index (χ1n) is 10.2. The zero-order valence-corrected chi connectivity index (χ0v) is 19.2. The minimum atomic E-state index is -3.98. The fourth-order valence-electron chi connectivity index (χ4n) is 3.22. The quantitative estimate of drug-likeness (QED) is 0.304. The number of methoxy groups -OCH3 is 1. The Morgan fingerprint density at radius 1 is 0.966 bits per heavy atom. The third-order valence-corrected chi connectivity index (χ3v) is 7.19. The number of hydrogen-bond donors (Lipinski definition) is 3. The second kappa shape index (κ2) is 11.3. The van der Waals surface area contributed by atoms with Crippen LogP contribution in [0.2, 0.25) is 0 Å². The van der Waals surface area contributed by atoms with Crippen molar-refractivity contribution in [2.45, 2.75) is 63.8 Å². The van der Waals surface area contributed by atoms with Crippen molar-refractivity contribution in [1.29, 1.82) is 0 Å². The molecule has 0 saturated heterocycles. The number of ether oxygens (including phenoxy) is 1. The molecule has 162 valence electrons. The van der Waals surface area contributed by atoms with E-state index in [1.807, 2.05) is 30.4 Å². The third-order valence-electron chi connectivity index (χ3n) is 5.18. The predicted octanol–water partition coefficient (Wildman–Crippen LogP) is 4.93. The van der Waals surface area contributed by atoms with Gasteiger partial charge in [0.05, 0.1) is 13.3 Å². The number of aryl methyl sites for hydroxylation is 3. The summed E-state index contributed by atoms with van der Waals surface area (Å²) in [7, 11) is -2.29. The van der Waals surface area contributed by atoms with E-state index in [1.165, 1.54) is 34.6 Å². The summed E-state index contributed by atoms with van der Waals surface area (Å²) in [5.74, 6) is 0.902. The van der Waals surface area contributed by atoms with E-state index in [-0.39, 0.29) is 6.16 Å². The normalized spacial score (nSPS) is 14.0. The summed E-state index contributed by atoms with van der Waals surface area (Å²) in [5, 5.41) is 0. The highest BCUT2D eigenvalue weighted by molar-refractivity contribution is 7.51. The van der Waals surface area contributed by atoms with E-state index >= 15 is 0 Å². The van der Waals surface area contributed by atoms with Gasteiger partial charge in [0.15, 0.2) is 0 Å². The zero-order chi connectivity index (χ0) is 21.3. The van der Waals surface area contributed by atoms with Crippen LogP contribution in [0.25, 0.3) is 0 Å². The van der Waals surface area contributed by atoms with Gasteiger partial charge in [-0.3, -0.25) is 4.57 Å². The predicted molar refractivity (Wildman–Crippen MR) is 121 cm³/mol. The highest BCUT2D eigenvalue weighted by Gasteiger charge is 2.23. The fourth-order valence-corrected chi connectivity index (χ4v) is 5.08. The lowest BCUT2D eigenvalue weighted by molar-refractivity contribution is 0.354. The number of thiophene rings is 1. The second-order valence-corrected chi connectivity index (χ2v) is 11.1. The molecule has 2 aromatic rings. The van der Waals surface area contributed by atoms with E-state index < -0.39 is 13.1 Å². The van der Waals surface area contributed by atoms with Gasteiger partial charge in [-0.05, 0) is 81.7 Å². The highest BCUT2D eigenvalue weighted by Crippen LogP contribution is 2.37. The van der Waals surface area contributed by atoms with Crippen molar-refractivity contribution in [2.24, 2.45) is 5.73 Å². The fraction of sp³-hybridized carbons (Fsp3) is 0.545. The largest absolute Gasteiger partial charge is 0.497 e. The summed E-state index contributed by atoms with van der Waals surface area (Å²) in [4.78, 5) is 20.8. The highest BCUT2D eigenvalue weighted by atomic mass is 32.1. The maximum absolute atomic E-state index is 11.0. The number of benzene rings is 1. The lowest BCUT2D eigenvalue weighted by Gasteiger charge is -2.24. The van der Waals surface area contributed by atoms with Crippen LogP contribution < -0.4 is 10.5 Å². The van der Waals surface area contributed by atoms with Crippen LogP contribution in [-0.4, -0.2) is 28.6 Å². The molecule has 0 fully saturated rings. The molecule has 0 radical (unpaired) electrons. The Morgan fingerprint density at radius 3 is 2.21 bits per heavy atom. The molecule has 1 atom stereocenters.